The summed E-state index contributed by atoms with van der Waals surface area (Å²) >= 11 is 3.46. The van der Waals surface area contributed by atoms with E-state index in [0.29, 0.717) is 11.4 Å². The number of halogens is 1. The van der Waals surface area contributed by atoms with Gasteiger partial charge in [-0.25, -0.2) is 0 Å². The zero-order chi connectivity index (χ0) is 14.6. The SMILES string of the molecule is Cc1cc(N)c(NC(=O)C2C(C)(C)C2(C)C)c(Br)c1. The quantitative estimate of drug-likeness (QED) is 0.809. The van der Waals surface area contributed by atoms with Gasteiger partial charge >= 0.3 is 0 Å². The van der Waals surface area contributed by atoms with Crippen molar-refractivity contribution in [2.24, 2.45) is 16.7 Å². The monoisotopic (exact) mass is 324 g/mol. The second-order valence-electron chi connectivity index (χ2n) is 6.58. The van der Waals surface area contributed by atoms with Gasteiger partial charge in [-0.05, 0) is 51.4 Å². The fourth-order valence-corrected chi connectivity index (χ4v) is 3.64. The molecule has 0 spiro atoms. The van der Waals surface area contributed by atoms with Crippen LogP contribution in [0.1, 0.15) is 33.3 Å². The second kappa shape index (κ2) is 4.23. The standard InChI is InChI=1S/C15H21BrN2O/c1-8-6-9(16)11(10(17)7-8)18-13(19)12-14(2,3)15(12,4)5/h6-7,12H,17H2,1-5H3,(H,18,19). The molecule has 1 aromatic carbocycles. The van der Waals surface area contributed by atoms with Gasteiger partial charge in [-0.3, -0.25) is 4.79 Å². The Bertz CT molecular complexity index is 512. The molecular weight excluding hydrogens is 304 g/mol. The maximum absolute atomic E-state index is 12.4. The molecule has 0 aromatic heterocycles. The third-order valence-corrected chi connectivity index (χ3v) is 5.42. The highest BCUT2D eigenvalue weighted by Crippen LogP contribution is 2.68. The van der Waals surface area contributed by atoms with Crippen molar-refractivity contribution >= 4 is 33.2 Å². The summed E-state index contributed by atoms with van der Waals surface area (Å²) in [6.45, 7) is 10.5. The first kappa shape index (κ1) is 14.4. The van der Waals surface area contributed by atoms with Crippen molar-refractivity contribution in [1.82, 2.24) is 0 Å². The van der Waals surface area contributed by atoms with Crippen LogP contribution < -0.4 is 11.1 Å². The van der Waals surface area contributed by atoms with Crippen molar-refractivity contribution in [3.63, 3.8) is 0 Å². The van der Waals surface area contributed by atoms with E-state index in [-0.39, 0.29) is 22.7 Å². The molecule has 1 fully saturated rings. The number of rotatable bonds is 2. The van der Waals surface area contributed by atoms with Crippen molar-refractivity contribution in [3.8, 4) is 0 Å². The van der Waals surface area contributed by atoms with E-state index < -0.39 is 0 Å². The number of carbonyl (C=O) groups is 1. The molecule has 0 radical (unpaired) electrons. The summed E-state index contributed by atoms with van der Waals surface area (Å²) in [5.74, 6) is 0.0684. The second-order valence-corrected chi connectivity index (χ2v) is 7.43. The fourth-order valence-electron chi connectivity index (χ4n) is 2.95. The number of benzene rings is 1. The molecule has 1 aromatic rings. The Morgan fingerprint density at radius 2 is 1.79 bits per heavy atom. The Balaban J connectivity index is 2.23. The van der Waals surface area contributed by atoms with Gasteiger partial charge in [-0.1, -0.05) is 27.7 Å². The van der Waals surface area contributed by atoms with Crippen molar-refractivity contribution in [3.05, 3.63) is 22.2 Å². The summed E-state index contributed by atoms with van der Waals surface area (Å²) in [6.07, 6.45) is 0. The molecule has 1 saturated carbocycles. The van der Waals surface area contributed by atoms with Crippen LogP contribution in [-0.4, -0.2) is 5.91 Å². The molecule has 0 aliphatic heterocycles. The van der Waals surface area contributed by atoms with Crippen molar-refractivity contribution in [2.45, 2.75) is 34.6 Å². The summed E-state index contributed by atoms with van der Waals surface area (Å²) in [4.78, 5) is 12.4. The average molecular weight is 325 g/mol. The normalized spacial score (nSPS) is 20.1. The molecular formula is C15H21BrN2O. The molecule has 2 rings (SSSR count). The first-order valence-corrected chi connectivity index (χ1v) is 7.25. The summed E-state index contributed by atoms with van der Waals surface area (Å²) in [5.41, 5.74) is 8.38. The molecule has 3 nitrogen and oxygen atoms in total. The molecule has 104 valence electrons. The van der Waals surface area contributed by atoms with Gasteiger partial charge in [0.25, 0.3) is 0 Å². The van der Waals surface area contributed by atoms with Crippen molar-refractivity contribution < 1.29 is 4.79 Å². The van der Waals surface area contributed by atoms with Crippen LogP contribution in [0.5, 0.6) is 0 Å². The Kier molecular flexibility index (Phi) is 3.21. The molecule has 1 aliphatic rings. The molecule has 19 heavy (non-hydrogen) atoms. The van der Waals surface area contributed by atoms with Crippen LogP contribution in [-0.2, 0) is 4.79 Å². The van der Waals surface area contributed by atoms with Gasteiger partial charge in [0.2, 0.25) is 5.91 Å². The van der Waals surface area contributed by atoms with Gasteiger partial charge in [-0.2, -0.15) is 0 Å². The van der Waals surface area contributed by atoms with Crippen LogP contribution in [0.3, 0.4) is 0 Å². The summed E-state index contributed by atoms with van der Waals surface area (Å²) in [7, 11) is 0. The average Bonchev–Trinajstić information content (AvgIpc) is 2.63. The van der Waals surface area contributed by atoms with E-state index >= 15 is 0 Å². The predicted molar refractivity (Wildman–Crippen MR) is 83.0 cm³/mol. The van der Waals surface area contributed by atoms with Gasteiger partial charge in [0.15, 0.2) is 0 Å². The lowest BCUT2D eigenvalue weighted by Crippen LogP contribution is -2.19. The number of amides is 1. The lowest BCUT2D eigenvalue weighted by Gasteiger charge is -2.12. The minimum Gasteiger partial charge on any atom is -0.397 e. The van der Waals surface area contributed by atoms with Gasteiger partial charge in [0, 0.05) is 10.4 Å². The first-order chi connectivity index (χ1) is 8.59. The Morgan fingerprint density at radius 1 is 1.26 bits per heavy atom. The maximum Gasteiger partial charge on any atom is 0.228 e. The Hall–Kier alpha value is -1.03. The van der Waals surface area contributed by atoms with Crippen LogP contribution in [0.2, 0.25) is 0 Å². The highest BCUT2D eigenvalue weighted by atomic mass is 79.9. The van der Waals surface area contributed by atoms with Crippen molar-refractivity contribution in [1.29, 1.82) is 0 Å². The molecule has 0 atom stereocenters. The number of nitrogens with two attached hydrogens (primary N) is 1. The minimum absolute atomic E-state index is 0.0209. The first-order valence-electron chi connectivity index (χ1n) is 6.45. The number of nitrogen functional groups attached to an aromatic ring is 1. The van der Waals surface area contributed by atoms with E-state index in [1.54, 1.807) is 0 Å². The minimum atomic E-state index is 0.0209. The van der Waals surface area contributed by atoms with E-state index in [1.165, 1.54) is 0 Å². The topological polar surface area (TPSA) is 55.1 Å². The van der Waals surface area contributed by atoms with Crippen LogP contribution >= 0.6 is 15.9 Å². The highest BCUT2D eigenvalue weighted by Gasteiger charge is 2.68. The maximum atomic E-state index is 12.4. The van der Waals surface area contributed by atoms with Crippen LogP contribution in [0.25, 0.3) is 0 Å². The lowest BCUT2D eigenvalue weighted by molar-refractivity contribution is -0.118. The highest BCUT2D eigenvalue weighted by molar-refractivity contribution is 9.10. The zero-order valence-electron chi connectivity index (χ0n) is 12.1. The Labute approximate surface area is 123 Å². The number of anilines is 2. The largest absolute Gasteiger partial charge is 0.397 e. The number of nitrogens with one attached hydrogen (secondary N) is 1. The van der Waals surface area contributed by atoms with Crippen molar-refractivity contribution in [2.75, 3.05) is 11.1 Å². The summed E-state index contributed by atoms with van der Waals surface area (Å²) in [5, 5.41) is 2.97. The predicted octanol–water partition coefficient (Wildman–Crippen LogP) is 3.96. The molecule has 0 heterocycles. The third-order valence-electron chi connectivity index (χ3n) is 4.80. The molecule has 0 bridgehead atoms. The third kappa shape index (κ3) is 2.16. The van der Waals surface area contributed by atoms with E-state index in [1.807, 2.05) is 19.1 Å². The molecule has 0 unspecified atom stereocenters. The molecule has 1 aliphatic carbocycles. The van der Waals surface area contributed by atoms with Gasteiger partial charge in [0.05, 0.1) is 11.4 Å². The summed E-state index contributed by atoms with van der Waals surface area (Å²) < 4.78 is 0.828. The Morgan fingerprint density at radius 3 is 2.21 bits per heavy atom. The van der Waals surface area contributed by atoms with E-state index in [4.69, 9.17) is 5.73 Å². The number of hydrogen-bond donors (Lipinski definition) is 2. The molecule has 4 heteroatoms. The number of aryl methyl sites for hydroxylation is 1. The molecule has 1 amide bonds. The van der Waals surface area contributed by atoms with Crippen LogP contribution in [0, 0.1) is 23.7 Å². The van der Waals surface area contributed by atoms with E-state index in [2.05, 4.69) is 48.9 Å². The smallest absolute Gasteiger partial charge is 0.228 e. The molecule has 0 saturated heterocycles. The van der Waals surface area contributed by atoms with E-state index in [9.17, 15) is 4.79 Å². The lowest BCUT2D eigenvalue weighted by atomic mass is 10.0. The van der Waals surface area contributed by atoms with Gasteiger partial charge in [-0.15, -0.1) is 0 Å². The van der Waals surface area contributed by atoms with Gasteiger partial charge in [0.1, 0.15) is 0 Å². The van der Waals surface area contributed by atoms with E-state index in [0.717, 1.165) is 10.0 Å². The molecule has 3 N–H and O–H groups in total. The van der Waals surface area contributed by atoms with Crippen LogP contribution in [0.15, 0.2) is 16.6 Å². The zero-order valence-corrected chi connectivity index (χ0v) is 13.7. The van der Waals surface area contributed by atoms with Gasteiger partial charge < -0.3 is 11.1 Å². The van der Waals surface area contributed by atoms with Crippen LogP contribution in [0.4, 0.5) is 11.4 Å². The summed E-state index contributed by atoms with van der Waals surface area (Å²) in [6, 6.07) is 3.82. The number of hydrogen-bond acceptors (Lipinski definition) is 2. The number of carbonyl (C=O) groups excluding carboxylic acids is 1. The fraction of sp³-hybridized carbons (Fsp3) is 0.533.